The second kappa shape index (κ2) is 7.19. The van der Waals surface area contributed by atoms with Crippen LogP contribution in [0.5, 0.6) is 0 Å². The van der Waals surface area contributed by atoms with E-state index < -0.39 is 11.2 Å². The lowest BCUT2D eigenvalue weighted by atomic mass is 9.80. The van der Waals surface area contributed by atoms with Crippen LogP contribution in [-0.2, 0) is 4.65 Å². The maximum absolute atomic E-state index is 10.4. The Morgan fingerprint density at radius 3 is 2.48 bits per heavy atom. The summed E-state index contributed by atoms with van der Waals surface area (Å²) >= 11 is 1.66. The van der Waals surface area contributed by atoms with Gasteiger partial charge in [0.15, 0.2) is 0 Å². The van der Waals surface area contributed by atoms with Gasteiger partial charge in [-0.05, 0) is 45.3 Å². The number of benzene rings is 3. The van der Waals surface area contributed by atoms with Crippen LogP contribution in [0.2, 0.25) is 0 Å². The predicted molar refractivity (Wildman–Crippen MR) is 129 cm³/mol. The molecule has 0 unspecified atom stereocenters. The van der Waals surface area contributed by atoms with Crippen LogP contribution in [0.1, 0.15) is 27.7 Å². The smallest absolute Gasteiger partial charge is 0.331 e. The molecule has 5 aromatic rings. The van der Waals surface area contributed by atoms with Crippen molar-refractivity contribution in [2.75, 3.05) is 0 Å². The molecular formula is C25H23BNO3S. The summed E-state index contributed by atoms with van der Waals surface area (Å²) in [5.74, 6) is 0. The molecule has 31 heavy (non-hydrogen) atoms. The molecule has 0 spiro atoms. The summed E-state index contributed by atoms with van der Waals surface area (Å²) in [7, 11) is 1.72. The molecule has 0 aliphatic heterocycles. The van der Waals surface area contributed by atoms with E-state index in [1.807, 2.05) is 50.2 Å². The lowest BCUT2D eigenvalue weighted by molar-refractivity contribution is -0.0893. The van der Waals surface area contributed by atoms with Gasteiger partial charge in [0.05, 0.1) is 21.4 Å². The van der Waals surface area contributed by atoms with E-state index in [1.54, 1.807) is 32.7 Å². The Morgan fingerprint density at radius 1 is 0.968 bits per heavy atom. The van der Waals surface area contributed by atoms with Gasteiger partial charge in [0.1, 0.15) is 16.2 Å². The van der Waals surface area contributed by atoms with Crippen LogP contribution in [0.4, 0.5) is 0 Å². The molecule has 0 amide bonds. The highest BCUT2D eigenvalue weighted by Gasteiger charge is 2.36. The summed E-state index contributed by atoms with van der Waals surface area (Å²) in [6.07, 6.45) is 0. The molecule has 0 fully saturated rings. The van der Waals surface area contributed by atoms with Crippen LogP contribution in [0, 0.1) is 0 Å². The third kappa shape index (κ3) is 3.55. The molecule has 0 atom stereocenters. The zero-order valence-corrected chi connectivity index (χ0v) is 18.8. The third-order valence-electron chi connectivity index (χ3n) is 6.01. The minimum absolute atomic E-state index is 0.749. The summed E-state index contributed by atoms with van der Waals surface area (Å²) in [4.78, 5) is 4.87. The van der Waals surface area contributed by atoms with Crippen LogP contribution >= 0.6 is 11.3 Å². The first-order chi connectivity index (χ1) is 14.7. The summed E-state index contributed by atoms with van der Waals surface area (Å²) in [5, 5.41) is 13.4. The maximum atomic E-state index is 10.4. The number of hydrogen-bond acceptors (Lipinski definition) is 5. The normalized spacial score (nSPS) is 12.8. The van der Waals surface area contributed by atoms with Crippen molar-refractivity contribution in [2.45, 2.75) is 38.9 Å². The first kappa shape index (κ1) is 20.2. The number of fused-ring (bicyclic) bond motifs is 4. The topological polar surface area (TPSA) is 55.5 Å². The average Bonchev–Trinajstić information content (AvgIpc) is 3.31. The predicted octanol–water partition coefficient (Wildman–Crippen LogP) is 5.67. The second-order valence-corrected chi connectivity index (χ2v) is 9.86. The van der Waals surface area contributed by atoms with Crippen LogP contribution < -0.4 is 5.46 Å². The number of aromatic nitrogens is 1. The zero-order chi connectivity index (χ0) is 21.8. The van der Waals surface area contributed by atoms with Crippen molar-refractivity contribution in [2.24, 2.45) is 0 Å². The van der Waals surface area contributed by atoms with Crippen LogP contribution in [0.3, 0.4) is 0 Å². The Morgan fingerprint density at radius 2 is 1.74 bits per heavy atom. The molecule has 6 heteroatoms. The quantitative estimate of drug-likeness (QED) is 0.367. The van der Waals surface area contributed by atoms with Crippen molar-refractivity contribution in [1.29, 1.82) is 0 Å². The number of nitrogens with zero attached hydrogens (tertiary/aromatic N) is 1. The number of aliphatic hydroxyl groups is 1. The second-order valence-electron chi connectivity index (χ2n) is 8.83. The Balaban J connectivity index is 1.60. The molecule has 2 heterocycles. The molecule has 3 aromatic carbocycles. The molecule has 1 N–H and O–H groups in total. The molecule has 5 rings (SSSR count). The average molecular weight is 428 g/mol. The molecule has 0 aliphatic rings. The zero-order valence-electron chi connectivity index (χ0n) is 18.0. The van der Waals surface area contributed by atoms with Gasteiger partial charge in [0.2, 0.25) is 0 Å². The van der Waals surface area contributed by atoms with Gasteiger partial charge in [0.25, 0.3) is 0 Å². The van der Waals surface area contributed by atoms with Gasteiger partial charge in [-0.3, -0.25) is 0 Å². The minimum Gasteiger partial charge on any atom is -0.456 e. The van der Waals surface area contributed by atoms with Crippen molar-refractivity contribution >= 4 is 56.4 Å². The fourth-order valence-electron chi connectivity index (χ4n) is 3.43. The molecule has 4 nitrogen and oxygen atoms in total. The highest BCUT2D eigenvalue weighted by Crippen LogP contribution is 2.36. The summed E-state index contributed by atoms with van der Waals surface area (Å²) in [6.45, 7) is 7.25. The molecule has 2 aromatic heterocycles. The van der Waals surface area contributed by atoms with Crippen LogP contribution in [-0.4, -0.2) is 28.8 Å². The fourth-order valence-corrected chi connectivity index (χ4v) is 4.41. The molecule has 0 aliphatic carbocycles. The molecule has 0 bridgehead atoms. The van der Waals surface area contributed by atoms with E-state index in [1.165, 1.54) is 0 Å². The lowest BCUT2D eigenvalue weighted by Crippen LogP contribution is -2.49. The van der Waals surface area contributed by atoms with Crippen molar-refractivity contribution in [1.82, 2.24) is 4.98 Å². The molecule has 1 radical (unpaired) electrons. The number of thiazole rings is 1. The standard InChI is InChI=1S/C25H23BNO3S/c1-24(2,28)25(3,4)30-26-17-11-8-12-19-22(17)16-13-18-21(14-20(16)29-19)31-23(27-18)15-9-6-5-7-10-15/h5-14,28H,1-4H3. The Bertz CT molecular complexity index is 1400. The van der Waals surface area contributed by atoms with Crippen molar-refractivity contribution in [3.8, 4) is 10.6 Å². The molecule has 0 saturated carbocycles. The van der Waals surface area contributed by atoms with E-state index >= 15 is 0 Å². The lowest BCUT2D eigenvalue weighted by Gasteiger charge is -2.37. The van der Waals surface area contributed by atoms with Crippen LogP contribution in [0.15, 0.2) is 65.1 Å². The number of hydrogen-bond donors (Lipinski definition) is 1. The summed E-state index contributed by atoms with van der Waals surface area (Å²) < 4.78 is 13.3. The van der Waals surface area contributed by atoms with Gasteiger partial charge >= 0.3 is 7.48 Å². The van der Waals surface area contributed by atoms with E-state index in [9.17, 15) is 5.11 Å². The van der Waals surface area contributed by atoms with Gasteiger partial charge in [0, 0.05) is 22.4 Å². The molecular weight excluding hydrogens is 405 g/mol. The Labute approximate surface area is 185 Å². The van der Waals surface area contributed by atoms with E-state index in [-0.39, 0.29) is 0 Å². The van der Waals surface area contributed by atoms with Gasteiger partial charge in [-0.2, -0.15) is 0 Å². The largest absolute Gasteiger partial charge is 0.456 e. The number of furan rings is 1. The van der Waals surface area contributed by atoms with Gasteiger partial charge < -0.3 is 14.2 Å². The fraction of sp³-hybridized carbons (Fsp3) is 0.240. The first-order valence-corrected chi connectivity index (χ1v) is 11.1. The highest BCUT2D eigenvalue weighted by molar-refractivity contribution is 7.21. The third-order valence-corrected chi connectivity index (χ3v) is 7.08. The van der Waals surface area contributed by atoms with Gasteiger partial charge in [-0.25, -0.2) is 4.98 Å². The van der Waals surface area contributed by atoms with Gasteiger partial charge in [-0.15, -0.1) is 11.3 Å². The Hall–Kier alpha value is -2.67. The summed E-state index contributed by atoms with van der Waals surface area (Å²) in [5.41, 5.74) is 2.86. The van der Waals surface area contributed by atoms with Crippen molar-refractivity contribution < 1.29 is 14.2 Å². The molecule has 155 valence electrons. The first-order valence-electron chi connectivity index (χ1n) is 10.3. The van der Waals surface area contributed by atoms with E-state index in [4.69, 9.17) is 14.1 Å². The van der Waals surface area contributed by atoms with Crippen LogP contribution in [0.25, 0.3) is 42.7 Å². The van der Waals surface area contributed by atoms with E-state index in [2.05, 4.69) is 24.3 Å². The molecule has 0 saturated heterocycles. The van der Waals surface area contributed by atoms with Crippen molar-refractivity contribution in [3.05, 3.63) is 60.7 Å². The highest BCUT2D eigenvalue weighted by atomic mass is 32.1. The number of rotatable bonds is 5. The maximum Gasteiger partial charge on any atom is 0.331 e. The van der Waals surface area contributed by atoms with E-state index in [0.717, 1.165) is 48.2 Å². The van der Waals surface area contributed by atoms with E-state index in [0.29, 0.717) is 0 Å². The summed E-state index contributed by atoms with van der Waals surface area (Å²) in [6, 6.07) is 20.3. The van der Waals surface area contributed by atoms with Crippen molar-refractivity contribution in [3.63, 3.8) is 0 Å². The Kier molecular flexibility index (Phi) is 4.70. The minimum atomic E-state index is -0.990. The van der Waals surface area contributed by atoms with Gasteiger partial charge in [-0.1, -0.05) is 42.5 Å². The SMILES string of the molecule is CC(C)(O)C(C)(C)O[B]c1cccc2oc3cc4sc(-c5ccccc5)nc4cc3c12. The monoisotopic (exact) mass is 428 g/mol.